The predicted molar refractivity (Wildman–Crippen MR) is 138 cm³/mol. The molecule has 1 atom stereocenters. The summed E-state index contributed by atoms with van der Waals surface area (Å²) in [6.45, 7) is 1.77. The van der Waals surface area contributed by atoms with Crippen LogP contribution in [0.4, 0.5) is 5.69 Å². The van der Waals surface area contributed by atoms with Gasteiger partial charge in [0.15, 0.2) is 0 Å². The van der Waals surface area contributed by atoms with Crippen LogP contribution < -0.4 is 4.90 Å². The highest BCUT2D eigenvalue weighted by Gasteiger charge is 2.34. The van der Waals surface area contributed by atoms with Crippen LogP contribution in [-0.4, -0.2) is 41.8 Å². The summed E-state index contributed by atoms with van der Waals surface area (Å²) in [7, 11) is 0. The maximum Gasteiger partial charge on any atom is 0.326 e. The van der Waals surface area contributed by atoms with Gasteiger partial charge in [-0.1, -0.05) is 60.1 Å². The number of nitrogens with one attached hydrogen (secondary N) is 1. The Labute approximate surface area is 208 Å². The molecule has 2 heterocycles. The zero-order chi connectivity index (χ0) is 24.4. The quantitative estimate of drug-likeness (QED) is 0.382. The van der Waals surface area contributed by atoms with Crippen molar-refractivity contribution >= 4 is 45.8 Å². The van der Waals surface area contributed by atoms with E-state index in [9.17, 15) is 9.59 Å². The highest BCUT2D eigenvalue weighted by molar-refractivity contribution is 6.32. The van der Waals surface area contributed by atoms with Crippen LogP contribution in [0.2, 0.25) is 5.02 Å². The number of benzene rings is 3. The Balaban J connectivity index is 1.66. The molecule has 0 radical (unpaired) electrons. The number of aromatic amines is 1. The SMILES string of the molecule is CCOC(=O)CN1C(=O)C(Cc2c[nH]c3ccccc23)N=C(c2ccccc2)c2cc(Cl)ccc21. The summed E-state index contributed by atoms with van der Waals surface area (Å²) in [6, 6.07) is 22.2. The van der Waals surface area contributed by atoms with E-state index in [1.807, 2.05) is 60.8 Å². The van der Waals surface area contributed by atoms with Gasteiger partial charge < -0.3 is 9.72 Å². The molecular formula is C28H24ClN3O3. The molecule has 0 aliphatic carbocycles. The maximum absolute atomic E-state index is 13.9. The molecule has 4 aromatic rings. The van der Waals surface area contributed by atoms with E-state index in [1.54, 1.807) is 25.1 Å². The van der Waals surface area contributed by atoms with Crippen LogP contribution in [0.5, 0.6) is 0 Å². The van der Waals surface area contributed by atoms with Gasteiger partial charge in [0.05, 0.1) is 18.0 Å². The van der Waals surface area contributed by atoms with Gasteiger partial charge in [-0.2, -0.15) is 0 Å². The summed E-state index contributed by atoms with van der Waals surface area (Å²) in [5, 5.41) is 1.56. The molecule has 0 bridgehead atoms. The molecule has 0 saturated heterocycles. The van der Waals surface area contributed by atoms with Crippen LogP contribution in [-0.2, 0) is 20.7 Å². The second-order valence-corrected chi connectivity index (χ2v) is 8.75. The molecule has 1 aliphatic heterocycles. The highest BCUT2D eigenvalue weighted by Crippen LogP contribution is 2.32. The zero-order valence-electron chi connectivity index (χ0n) is 19.2. The molecule has 35 heavy (non-hydrogen) atoms. The van der Waals surface area contributed by atoms with E-state index in [0.717, 1.165) is 22.0 Å². The molecule has 7 heteroatoms. The molecule has 0 spiro atoms. The number of aromatic nitrogens is 1. The van der Waals surface area contributed by atoms with E-state index in [-0.39, 0.29) is 19.1 Å². The first-order chi connectivity index (χ1) is 17.0. The molecule has 3 aromatic carbocycles. The number of aliphatic imine (C=N–C) groups is 1. The summed E-state index contributed by atoms with van der Waals surface area (Å²) >= 11 is 6.38. The molecule has 6 nitrogen and oxygen atoms in total. The maximum atomic E-state index is 13.9. The number of H-pyrrole nitrogens is 1. The van der Waals surface area contributed by atoms with Gasteiger partial charge in [-0.15, -0.1) is 0 Å². The number of carbonyl (C=O) groups excluding carboxylic acids is 2. The Hall–Kier alpha value is -3.90. The zero-order valence-corrected chi connectivity index (χ0v) is 20.0. The Morgan fingerprint density at radius 3 is 2.66 bits per heavy atom. The first-order valence-corrected chi connectivity index (χ1v) is 11.9. The third-order valence-corrected chi connectivity index (χ3v) is 6.30. The average molecular weight is 486 g/mol. The lowest BCUT2D eigenvalue weighted by Crippen LogP contribution is -2.42. The molecule has 1 unspecified atom stereocenters. The van der Waals surface area contributed by atoms with Gasteiger partial charge in [-0.25, -0.2) is 0 Å². The van der Waals surface area contributed by atoms with Gasteiger partial charge in [-0.3, -0.25) is 19.5 Å². The predicted octanol–water partition coefficient (Wildman–Crippen LogP) is 5.18. The van der Waals surface area contributed by atoms with Gasteiger partial charge in [0.25, 0.3) is 5.91 Å². The first-order valence-electron chi connectivity index (χ1n) is 11.5. The van der Waals surface area contributed by atoms with Crippen LogP contribution in [0.1, 0.15) is 23.6 Å². The van der Waals surface area contributed by atoms with E-state index in [2.05, 4.69) is 4.98 Å². The number of fused-ring (bicyclic) bond motifs is 2. The lowest BCUT2D eigenvalue weighted by Gasteiger charge is -2.24. The number of amides is 1. The standard InChI is InChI=1S/C28H24ClN3O3/c1-2-35-26(33)17-32-25-13-12-20(29)15-22(25)27(18-8-4-3-5-9-18)31-24(28(32)34)14-19-16-30-23-11-7-6-10-21(19)23/h3-13,15-16,24,30H,2,14,17H2,1H3. The van der Waals surface area contributed by atoms with Crippen molar-refractivity contribution < 1.29 is 14.3 Å². The van der Waals surface area contributed by atoms with Crippen LogP contribution >= 0.6 is 11.6 Å². The van der Waals surface area contributed by atoms with E-state index < -0.39 is 12.0 Å². The number of rotatable bonds is 6. The molecule has 0 fully saturated rings. The van der Waals surface area contributed by atoms with Crippen LogP contribution in [0.25, 0.3) is 10.9 Å². The molecule has 1 aromatic heterocycles. The van der Waals surface area contributed by atoms with Crippen molar-refractivity contribution in [1.82, 2.24) is 4.98 Å². The van der Waals surface area contributed by atoms with Crippen molar-refractivity contribution in [1.29, 1.82) is 0 Å². The third kappa shape index (κ3) is 4.57. The Bertz CT molecular complexity index is 1430. The third-order valence-electron chi connectivity index (χ3n) is 6.07. The Kier molecular flexibility index (Phi) is 6.38. The molecule has 1 amide bonds. The smallest absolute Gasteiger partial charge is 0.326 e. The number of anilines is 1. The minimum atomic E-state index is -0.745. The number of ether oxygens (including phenoxy) is 1. The van der Waals surface area contributed by atoms with E-state index >= 15 is 0 Å². The molecule has 1 N–H and O–H groups in total. The minimum Gasteiger partial charge on any atom is -0.465 e. The molecule has 5 rings (SSSR count). The normalized spacial score (nSPS) is 15.5. The number of hydrogen-bond acceptors (Lipinski definition) is 4. The van der Waals surface area contributed by atoms with Gasteiger partial charge in [0.1, 0.15) is 12.6 Å². The summed E-state index contributed by atoms with van der Waals surface area (Å²) in [6.07, 6.45) is 2.29. The fourth-order valence-electron chi connectivity index (χ4n) is 4.48. The topological polar surface area (TPSA) is 74.8 Å². The number of benzodiazepines with no additional fused rings is 1. The largest absolute Gasteiger partial charge is 0.465 e. The van der Waals surface area contributed by atoms with Crippen molar-refractivity contribution in [2.75, 3.05) is 18.1 Å². The van der Waals surface area contributed by atoms with Crippen LogP contribution in [0, 0.1) is 0 Å². The summed E-state index contributed by atoms with van der Waals surface area (Å²) < 4.78 is 5.18. The number of hydrogen-bond donors (Lipinski definition) is 1. The minimum absolute atomic E-state index is 0.205. The van der Waals surface area contributed by atoms with Crippen LogP contribution in [0.15, 0.2) is 84.0 Å². The molecule has 1 aliphatic rings. The number of para-hydroxylation sites is 1. The van der Waals surface area contributed by atoms with Crippen molar-refractivity contribution in [2.24, 2.45) is 4.99 Å². The molecule has 176 valence electrons. The van der Waals surface area contributed by atoms with E-state index in [1.165, 1.54) is 4.90 Å². The van der Waals surface area contributed by atoms with Gasteiger partial charge in [0.2, 0.25) is 0 Å². The van der Waals surface area contributed by atoms with Crippen molar-refractivity contribution in [3.8, 4) is 0 Å². The summed E-state index contributed by atoms with van der Waals surface area (Å²) in [4.78, 5) is 36.2. The Morgan fingerprint density at radius 2 is 1.86 bits per heavy atom. The van der Waals surface area contributed by atoms with Gasteiger partial charge in [-0.05, 0) is 36.8 Å². The fraction of sp³-hybridized carbons (Fsp3) is 0.179. The number of halogens is 1. The second-order valence-electron chi connectivity index (χ2n) is 8.31. The average Bonchev–Trinajstić information content (AvgIpc) is 3.24. The van der Waals surface area contributed by atoms with Gasteiger partial charge in [0, 0.05) is 39.7 Å². The van der Waals surface area contributed by atoms with E-state index in [4.69, 9.17) is 21.3 Å². The van der Waals surface area contributed by atoms with Crippen molar-refractivity contribution in [3.63, 3.8) is 0 Å². The summed E-state index contributed by atoms with van der Waals surface area (Å²) in [5.74, 6) is -0.742. The first kappa shape index (κ1) is 22.9. The number of esters is 1. The summed E-state index contributed by atoms with van der Waals surface area (Å²) in [5.41, 5.74) is 4.78. The number of carbonyl (C=O) groups is 2. The second kappa shape index (κ2) is 9.76. The lowest BCUT2D eigenvalue weighted by molar-refractivity contribution is -0.142. The number of nitrogens with zero attached hydrogens (tertiary/aromatic N) is 2. The van der Waals surface area contributed by atoms with Crippen molar-refractivity contribution in [3.05, 3.63) is 101 Å². The monoisotopic (exact) mass is 485 g/mol. The highest BCUT2D eigenvalue weighted by atomic mass is 35.5. The lowest BCUT2D eigenvalue weighted by atomic mass is 10.00. The molecular weight excluding hydrogens is 462 g/mol. The molecule has 0 saturated carbocycles. The van der Waals surface area contributed by atoms with Crippen molar-refractivity contribution in [2.45, 2.75) is 19.4 Å². The van der Waals surface area contributed by atoms with E-state index in [0.29, 0.717) is 28.4 Å². The van der Waals surface area contributed by atoms with Gasteiger partial charge >= 0.3 is 5.97 Å². The van der Waals surface area contributed by atoms with Crippen LogP contribution in [0.3, 0.4) is 0 Å². The Morgan fingerprint density at radius 1 is 1.09 bits per heavy atom. The fourth-order valence-corrected chi connectivity index (χ4v) is 4.65.